The molecule has 1 aromatic rings. The SMILES string of the molecule is CCOC(=O)Cc1ccc(N=C(NC#N)SC)cc1. The minimum absolute atomic E-state index is 0.241. The fourth-order valence-corrected chi connectivity index (χ4v) is 1.70. The van der Waals surface area contributed by atoms with Crippen molar-refractivity contribution in [3.63, 3.8) is 0 Å². The molecule has 6 heteroatoms. The molecule has 5 nitrogen and oxygen atoms in total. The first-order chi connectivity index (χ1) is 9.19. The van der Waals surface area contributed by atoms with Gasteiger partial charge in [0, 0.05) is 0 Å². The Morgan fingerprint density at radius 3 is 2.68 bits per heavy atom. The number of carbonyl (C=O) groups excluding carboxylic acids is 1. The molecule has 0 aromatic heterocycles. The zero-order valence-electron chi connectivity index (χ0n) is 10.8. The van der Waals surface area contributed by atoms with Crippen LogP contribution in [0.3, 0.4) is 0 Å². The predicted octanol–water partition coefficient (Wildman–Crippen LogP) is 2.21. The van der Waals surface area contributed by atoms with Crippen LogP contribution in [0.15, 0.2) is 29.3 Å². The standard InChI is InChI=1S/C13H15N3O2S/c1-3-18-12(17)8-10-4-6-11(7-5-10)16-13(19-2)15-9-14/h4-7H,3,8H2,1-2H3,(H,15,16). The zero-order chi connectivity index (χ0) is 14.1. The van der Waals surface area contributed by atoms with Gasteiger partial charge in [0.2, 0.25) is 0 Å². The average molecular weight is 277 g/mol. The highest BCUT2D eigenvalue weighted by Crippen LogP contribution is 2.15. The highest BCUT2D eigenvalue weighted by atomic mass is 32.2. The van der Waals surface area contributed by atoms with Crippen LogP contribution in [0.25, 0.3) is 0 Å². The minimum atomic E-state index is -0.241. The van der Waals surface area contributed by atoms with Crippen LogP contribution in [-0.4, -0.2) is 24.0 Å². The first-order valence-electron chi connectivity index (χ1n) is 5.72. The van der Waals surface area contributed by atoms with Gasteiger partial charge in [0.05, 0.1) is 18.7 Å². The van der Waals surface area contributed by atoms with E-state index in [1.807, 2.05) is 24.6 Å². The lowest BCUT2D eigenvalue weighted by Gasteiger charge is -2.03. The number of amidine groups is 1. The summed E-state index contributed by atoms with van der Waals surface area (Å²) in [5, 5.41) is 11.6. The van der Waals surface area contributed by atoms with E-state index in [4.69, 9.17) is 10.00 Å². The van der Waals surface area contributed by atoms with Crippen LogP contribution < -0.4 is 5.32 Å². The first-order valence-corrected chi connectivity index (χ1v) is 6.94. The smallest absolute Gasteiger partial charge is 0.310 e. The van der Waals surface area contributed by atoms with Gasteiger partial charge in [-0.15, -0.1) is 0 Å². The molecule has 0 unspecified atom stereocenters. The number of benzene rings is 1. The van der Waals surface area contributed by atoms with Gasteiger partial charge in [-0.25, -0.2) is 4.99 Å². The fraction of sp³-hybridized carbons (Fsp3) is 0.308. The number of nitrogens with one attached hydrogen (secondary N) is 1. The number of ether oxygens (including phenoxy) is 1. The highest BCUT2D eigenvalue weighted by molar-refractivity contribution is 8.13. The third-order valence-electron chi connectivity index (χ3n) is 2.18. The van der Waals surface area contributed by atoms with Crippen LogP contribution in [0.5, 0.6) is 0 Å². The summed E-state index contributed by atoms with van der Waals surface area (Å²) >= 11 is 1.35. The van der Waals surface area contributed by atoms with Crippen molar-refractivity contribution in [2.45, 2.75) is 13.3 Å². The molecule has 1 aromatic carbocycles. The molecule has 1 rings (SSSR count). The molecule has 1 N–H and O–H groups in total. The van der Waals surface area contributed by atoms with Crippen molar-refractivity contribution in [2.24, 2.45) is 4.99 Å². The van der Waals surface area contributed by atoms with Crippen LogP contribution in [-0.2, 0) is 16.0 Å². The van der Waals surface area contributed by atoms with Gasteiger partial charge in [-0.05, 0) is 30.9 Å². The lowest BCUT2D eigenvalue weighted by molar-refractivity contribution is -0.142. The summed E-state index contributed by atoms with van der Waals surface area (Å²) in [7, 11) is 0. The van der Waals surface area contributed by atoms with Crippen molar-refractivity contribution in [1.82, 2.24) is 5.32 Å². The Hall–Kier alpha value is -2.00. The molecule has 0 bridgehead atoms. The lowest BCUT2D eigenvalue weighted by atomic mass is 10.1. The maximum absolute atomic E-state index is 11.3. The Morgan fingerprint density at radius 2 is 2.16 bits per heavy atom. The van der Waals surface area contributed by atoms with Gasteiger partial charge in [0.1, 0.15) is 0 Å². The molecular formula is C13H15N3O2S. The van der Waals surface area contributed by atoms with E-state index in [2.05, 4.69) is 10.3 Å². The van der Waals surface area contributed by atoms with Crippen molar-refractivity contribution >= 4 is 28.6 Å². The molecule has 100 valence electrons. The molecule has 0 aliphatic heterocycles. The number of aliphatic imine (C=N–C) groups is 1. The average Bonchev–Trinajstić information content (AvgIpc) is 2.40. The van der Waals surface area contributed by atoms with E-state index in [1.54, 1.807) is 19.1 Å². The van der Waals surface area contributed by atoms with E-state index < -0.39 is 0 Å². The Morgan fingerprint density at radius 1 is 1.47 bits per heavy atom. The van der Waals surface area contributed by atoms with Crippen molar-refractivity contribution < 1.29 is 9.53 Å². The van der Waals surface area contributed by atoms with Crippen molar-refractivity contribution in [3.05, 3.63) is 29.8 Å². The van der Waals surface area contributed by atoms with Crippen molar-refractivity contribution in [1.29, 1.82) is 5.26 Å². The van der Waals surface area contributed by atoms with Crippen LogP contribution in [0.1, 0.15) is 12.5 Å². The van der Waals surface area contributed by atoms with Crippen LogP contribution in [0.4, 0.5) is 5.69 Å². The van der Waals surface area contributed by atoms with Crippen LogP contribution in [0.2, 0.25) is 0 Å². The number of esters is 1. The molecule has 19 heavy (non-hydrogen) atoms. The topological polar surface area (TPSA) is 74.5 Å². The van der Waals surface area contributed by atoms with Crippen LogP contribution >= 0.6 is 11.8 Å². The van der Waals surface area contributed by atoms with E-state index in [0.717, 1.165) is 11.3 Å². The van der Waals surface area contributed by atoms with Crippen molar-refractivity contribution in [2.75, 3.05) is 12.9 Å². The molecule has 0 atom stereocenters. The molecule has 0 fully saturated rings. The van der Waals surface area contributed by atoms with E-state index >= 15 is 0 Å². The molecular weight excluding hydrogens is 262 g/mol. The van der Waals surface area contributed by atoms with Gasteiger partial charge in [-0.2, -0.15) is 5.26 Å². The van der Waals surface area contributed by atoms with Gasteiger partial charge in [0.15, 0.2) is 11.4 Å². The molecule has 0 saturated heterocycles. The summed E-state index contributed by atoms with van der Waals surface area (Å²) < 4.78 is 4.87. The van der Waals surface area contributed by atoms with E-state index in [9.17, 15) is 4.79 Å². The predicted molar refractivity (Wildman–Crippen MR) is 76.1 cm³/mol. The molecule has 0 aliphatic carbocycles. The number of rotatable bonds is 4. The first kappa shape index (κ1) is 15.1. The Kier molecular flexibility index (Phi) is 6.47. The normalized spacial score (nSPS) is 10.7. The molecule has 0 radical (unpaired) electrons. The molecule has 0 aliphatic rings. The van der Waals surface area contributed by atoms with Gasteiger partial charge in [-0.3, -0.25) is 10.1 Å². The van der Waals surface area contributed by atoms with Crippen molar-refractivity contribution in [3.8, 4) is 6.19 Å². The minimum Gasteiger partial charge on any atom is -0.466 e. The second kappa shape index (κ2) is 8.16. The van der Waals surface area contributed by atoms with Gasteiger partial charge < -0.3 is 4.74 Å². The summed E-state index contributed by atoms with van der Waals surface area (Å²) in [5.74, 6) is -0.241. The largest absolute Gasteiger partial charge is 0.466 e. The summed E-state index contributed by atoms with van der Waals surface area (Å²) in [4.78, 5) is 15.6. The monoisotopic (exact) mass is 277 g/mol. The fourth-order valence-electron chi connectivity index (χ4n) is 1.36. The number of nitrogens with zero attached hydrogens (tertiary/aromatic N) is 2. The summed E-state index contributed by atoms with van der Waals surface area (Å²) in [6.45, 7) is 2.17. The quantitative estimate of drug-likeness (QED) is 0.300. The molecule has 0 saturated carbocycles. The Bertz CT molecular complexity index is 492. The zero-order valence-corrected chi connectivity index (χ0v) is 11.7. The lowest BCUT2D eigenvalue weighted by Crippen LogP contribution is -2.12. The third kappa shape index (κ3) is 5.44. The van der Waals surface area contributed by atoms with Gasteiger partial charge >= 0.3 is 5.97 Å². The number of carbonyl (C=O) groups is 1. The maximum Gasteiger partial charge on any atom is 0.310 e. The van der Waals surface area contributed by atoms with Gasteiger partial charge in [-0.1, -0.05) is 23.9 Å². The second-order valence-electron chi connectivity index (χ2n) is 3.51. The summed E-state index contributed by atoms with van der Waals surface area (Å²) in [6, 6.07) is 7.23. The number of thioether (sulfide) groups is 1. The maximum atomic E-state index is 11.3. The Labute approximate surface area is 116 Å². The second-order valence-corrected chi connectivity index (χ2v) is 4.30. The molecule has 0 heterocycles. The molecule has 0 spiro atoms. The summed E-state index contributed by atoms with van der Waals surface area (Å²) in [6.07, 6.45) is 3.91. The Balaban J connectivity index is 2.71. The van der Waals surface area contributed by atoms with Gasteiger partial charge in [0.25, 0.3) is 0 Å². The van der Waals surface area contributed by atoms with Crippen LogP contribution in [0, 0.1) is 11.5 Å². The van der Waals surface area contributed by atoms with E-state index in [0.29, 0.717) is 11.8 Å². The number of hydrogen-bond acceptors (Lipinski definition) is 5. The van der Waals surface area contributed by atoms with E-state index in [-0.39, 0.29) is 12.4 Å². The molecule has 0 amide bonds. The summed E-state index contributed by atoms with van der Waals surface area (Å²) in [5.41, 5.74) is 1.59. The van der Waals surface area contributed by atoms with E-state index in [1.165, 1.54) is 11.8 Å². The third-order valence-corrected chi connectivity index (χ3v) is 2.76. The number of hydrogen-bond donors (Lipinski definition) is 1. The highest BCUT2D eigenvalue weighted by Gasteiger charge is 2.03. The number of nitriles is 1.